The summed E-state index contributed by atoms with van der Waals surface area (Å²) in [6.45, 7) is 4.82. The Labute approximate surface area is 121 Å². The highest BCUT2D eigenvalue weighted by molar-refractivity contribution is 5.78. The quantitative estimate of drug-likeness (QED) is 0.859. The third-order valence-corrected chi connectivity index (χ3v) is 3.75. The highest BCUT2D eigenvalue weighted by Gasteiger charge is 2.16. The summed E-state index contributed by atoms with van der Waals surface area (Å²) in [4.78, 5) is 14.1. The van der Waals surface area contributed by atoms with Crippen molar-refractivity contribution in [2.24, 2.45) is 5.73 Å². The maximum atomic E-state index is 11.8. The largest absolute Gasteiger partial charge is 0.371 e. The second-order valence-corrected chi connectivity index (χ2v) is 5.52. The van der Waals surface area contributed by atoms with E-state index in [0.29, 0.717) is 12.5 Å². The molecule has 1 amide bonds. The lowest BCUT2D eigenvalue weighted by Gasteiger charge is -2.32. The van der Waals surface area contributed by atoms with Gasteiger partial charge in [-0.05, 0) is 37.0 Å². The molecule has 1 aliphatic rings. The molecule has 0 spiro atoms. The average molecular weight is 275 g/mol. The van der Waals surface area contributed by atoms with Crippen LogP contribution in [0.3, 0.4) is 0 Å². The first-order chi connectivity index (χ1) is 9.69. The summed E-state index contributed by atoms with van der Waals surface area (Å²) in [6, 6.07) is 8.64. The number of benzene rings is 1. The molecule has 0 radical (unpaired) electrons. The molecular formula is C16H25N3O. The predicted molar refractivity (Wildman–Crippen MR) is 82.9 cm³/mol. The normalized spacial score (nSPS) is 16.2. The average Bonchev–Trinajstić information content (AvgIpc) is 2.46. The van der Waals surface area contributed by atoms with E-state index in [0.717, 1.165) is 44.5 Å². The van der Waals surface area contributed by atoms with E-state index in [4.69, 9.17) is 5.73 Å². The molecule has 0 bridgehead atoms. The Morgan fingerprint density at radius 2 is 2.15 bits per heavy atom. The Morgan fingerprint density at radius 3 is 2.85 bits per heavy atom. The molecule has 4 nitrogen and oxygen atoms in total. The summed E-state index contributed by atoms with van der Waals surface area (Å²) in [7, 11) is 0. The number of amides is 1. The highest BCUT2D eigenvalue weighted by Crippen LogP contribution is 2.20. The summed E-state index contributed by atoms with van der Waals surface area (Å²) >= 11 is 0. The Bertz CT molecular complexity index is 439. The molecule has 110 valence electrons. The highest BCUT2D eigenvalue weighted by atomic mass is 16.1. The van der Waals surface area contributed by atoms with Gasteiger partial charge < -0.3 is 16.0 Å². The fraction of sp³-hybridized carbons (Fsp3) is 0.562. The van der Waals surface area contributed by atoms with Crippen LogP contribution in [0.4, 0.5) is 5.69 Å². The lowest BCUT2D eigenvalue weighted by atomic mass is 10.0. The third-order valence-electron chi connectivity index (χ3n) is 3.75. The molecule has 0 unspecified atom stereocenters. The van der Waals surface area contributed by atoms with Crippen molar-refractivity contribution < 1.29 is 4.79 Å². The number of hydrogen-bond acceptors (Lipinski definition) is 3. The van der Waals surface area contributed by atoms with Crippen LogP contribution >= 0.6 is 0 Å². The van der Waals surface area contributed by atoms with Gasteiger partial charge in [-0.1, -0.05) is 19.1 Å². The molecule has 0 aliphatic carbocycles. The van der Waals surface area contributed by atoms with Crippen LogP contribution < -0.4 is 16.0 Å². The molecule has 1 saturated heterocycles. The Morgan fingerprint density at radius 1 is 1.40 bits per heavy atom. The standard InChI is InChI=1S/C16H25N3O/c1-2-8-18-16(20)12-13-4-3-5-15(11-13)19-9-6-14(17)7-10-19/h3-5,11,14H,2,6-10,12,17H2,1H3,(H,18,20). The zero-order chi connectivity index (χ0) is 14.4. The molecule has 0 atom stereocenters. The van der Waals surface area contributed by atoms with Crippen molar-refractivity contribution in [2.45, 2.75) is 38.6 Å². The maximum absolute atomic E-state index is 11.8. The first kappa shape index (κ1) is 14.9. The molecule has 0 saturated carbocycles. The van der Waals surface area contributed by atoms with Crippen molar-refractivity contribution in [1.29, 1.82) is 0 Å². The second kappa shape index (κ2) is 7.29. The summed E-state index contributed by atoms with van der Waals surface area (Å²) in [5.41, 5.74) is 8.22. The number of nitrogens with zero attached hydrogens (tertiary/aromatic N) is 1. The van der Waals surface area contributed by atoms with E-state index in [1.165, 1.54) is 5.69 Å². The number of carbonyl (C=O) groups is 1. The van der Waals surface area contributed by atoms with Crippen LogP contribution in [0.2, 0.25) is 0 Å². The topological polar surface area (TPSA) is 58.4 Å². The number of nitrogens with two attached hydrogens (primary N) is 1. The minimum Gasteiger partial charge on any atom is -0.371 e. The fourth-order valence-electron chi connectivity index (χ4n) is 2.53. The minimum atomic E-state index is 0.102. The van der Waals surface area contributed by atoms with Gasteiger partial charge in [-0.25, -0.2) is 0 Å². The Kier molecular flexibility index (Phi) is 5.41. The van der Waals surface area contributed by atoms with Crippen molar-refractivity contribution in [2.75, 3.05) is 24.5 Å². The van der Waals surface area contributed by atoms with Gasteiger partial charge in [0.25, 0.3) is 0 Å². The number of rotatable bonds is 5. The monoisotopic (exact) mass is 275 g/mol. The van der Waals surface area contributed by atoms with E-state index in [-0.39, 0.29) is 5.91 Å². The molecule has 4 heteroatoms. The number of anilines is 1. The molecule has 3 N–H and O–H groups in total. The van der Waals surface area contributed by atoms with Gasteiger partial charge in [0, 0.05) is 31.4 Å². The number of nitrogens with one attached hydrogen (secondary N) is 1. The molecular weight excluding hydrogens is 250 g/mol. The van der Waals surface area contributed by atoms with E-state index in [1.807, 2.05) is 12.1 Å². The molecule has 2 rings (SSSR count). The van der Waals surface area contributed by atoms with E-state index < -0.39 is 0 Å². The first-order valence-electron chi connectivity index (χ1n) is 7.55. The van der Waals surface area contributed by atoms with Gasteiger partial charge in [0.05, 0.1) is 6.42 Å². The van der Waals surface area contributed by atoms with E-state index in [1.54, 1.807) is 0 Å². The van der Waals surface area contributed by atoms with Gasteiger partial charge in [-0.15, -0.1) is 0 Å². The van der Waals surface area contributed by atoms with E-state index in [9.17, 15) is 4.79 Å². The minimum absolute atomic E-state index is 0.102. The molecule has 1 heterocycles. The SMILES string of the molecule is CCCNC(=O)Cc1cccc(N2CCC(N)CC2)c1. The second-order valence-electron chi connectivity index (χ2n) is 5.52. The molecule has 1 aromatic rings. The van der Waals surface area contributed by atoms with Crippen LogP contribution in [0.25, 0.3) is 0 Å². The summed E-state index contributed by atoms with van der Waals surface area (Å²) in [6.07, 6.45) is 3.52. The maximum Gasteiger partial charge on any atom is 0.224 e. The van der Waals surface area contributed by atoms with Gasteiger partial charge in [-0.2, -0.15) is 0 Å². The summed E-state index contributed by atoms with van der Waals surface area (Å²) in [5, 5.41) is 2.92. The Hall–Kier alpha value is -1.55. The van der Waals surface area contributed by atoms with Crippen molar-refractivity contribution in [1.82, 2.24) is 5.32 Å². The Balaban J connectivity index is 1.95. The lowest BCUT2D eigenvalue weighted by Crippen LogP contribution is -2.39. The lowest BCUT2D eigenvalue weighted by molar-refractivity contribution is -0.120. The van der Waals surface area contributed by atoms with Crippen molar-refractivity contribution in [3.63, 3.8) is 0 Å². The predicted octanol–water partition coefficient (Wildman–Crippen LogP) is 1.68. The number of carbonyl (C=O) groups excluding carboxylic acids is 1. The van der Waals surface area contributed by atoms with Gasteiger partial charge >= 0.3 is 0 Å². The van der Waals surface area contributed by atoms with Crippen LogP contribution in [0, 0.1) is 0 Å². The fourth-order valence-corrected chi connectivity index (χ4v) is 2.53. The van der Waals surface area contributed by atoms with Gasteiger partial charge in [0.1, 0.15) is 0 Å². The molecule has 1 aromatic carbocycles. The zero-order valence-corrected chi connectivity index (χ0v) is 12.3. The molecule has 1 fully saturated rings. The van der Waals surface area contributed by atoms with Crippen LogP contribution in [0.15, 0.2) is 24.3 Å². The zero-order valence-electron chi connectivity index (χ0n) is 12.3. The van der Waals surface area contributed by atoms with Crippen molar-refractivity contribution in [3.8, 4) is 0 Å². The van der Waals surface area contributed by atoms with Crippen LogP contribution in [0.1, 0.15) is 31.7 Å². The first-order valence-corrected chi connectivity index (χ1v) is 7.55. The van der Waals surface area contributed by atoms with Gasteiger partial charge in [0.15, 0.2) is 0 Å². The number of hydrogen-bond donors (Lipinski definition) is 2. The summed E-state index contributed by atoms with van der Waals surface area (Å²) < 4.78 is 0. The van der Waals surface area contributed by atoms with Crippen LogP contribution in [-0.2, 0) is 11.2 Å². The van der Waals surface area contributed by atoms with Gasteiger partial charge in [-0.3, -0.25) is 4.79 Å². The van der Waals surface area contributed by atoms with Crippen LogP contribution in [0.5, 0.6) is 0 Å². The molecule has 1 aliphatic heterocycles. The van der Waals surface area contributed by atoms with E-state index >= 15 is 0 Å². The third kappa shape index (κ3) is 4.23. The molecule has 0 aromatic heterocycles. The molecule has 20 heavy (non-hydrogen) atoms. The van der Waals surface area contributed by atoms with E-state index in [2.05, 4.69) is 29.3 Å². The van der Waals surface area contributed by atoms with Gasteiger partial charge in [0.2, 0.25) is 5.91 Å². The van der Waals surface area contributed by atoms with Crippen molar-refractivity contribution in [3.05, 3.63) is 29.8 Å². The number of piperidine rings is 1. The van der Waals surface area contributed by atoms with Crippen LogP contribution in [-0.4, -0.2) is 31.6 Å². The summed E-state index contributed by atoms with van der Waals surface area (Å²) in [5.74, 6) is 0.102. The van der Waals surface area contributed by atoms with Crippen molar-refractivity contribution >= 4 is 11.6 Å². The smallest absolute Gasteiger partial charge is 0.224 e.